The number of nitrogens with two attached hydrogens (primary N) is 1. The molecule has 3 rings (SSSR count). The molecule has 0 fully saturated rings. The van der Waals surface area contributed by atoms with Crippen LogP contribution in [0.2, 0.25) is 0 Å². The number of fused-ring (bicyclic) bond motifs is 1. The van der Waals surface area contributed by atoms with Crippen LogP contribution in [0.25, 0.3) is 0 Å². The quantitative estimate of drug-likeness (QED) is 0.796. The third-order valence-corrected chi connectivity index (χ3v) is 4.68. The van der Waals surface area contributed by atoms with Crippen LogP contribution >= 0.6 is 0 Å². The molecule has 1 amide bonds. The lowest BCUT2D eigenvalue weighted by Gasteiger charge is -2.20. The van der Waals surface area contributed by atoms with E-state index < -0.39 is 12.6 Å². The Morgan fingerprint density at radius 1 is 1.31 bits per heavy atom. The van der Waals surface area contributed by atoms with Crippen molar-refractivity contribution in [3.05, 3.63) is 46.1 Å². The zero-order chi connectivity index (χ0) is 18.7. The van der Waals surface area contributed by atoms with Crippen molar-refractivity contribution in [2.24, 2.45) is 0 Å². The van der Waals surface area contributed by atoms with E-state index in [2.05, 4.69) is 22.6 Å². The number of hydrogen-bond donors (Lipinski definition) is 2. The van der Waals surface area contributed by atoms with Gasteiger partial charge in [0, 0.05) is 0 Å². The molecule has 1 aromatic carbocycles. The Morgan fingerprint density at radius 2 is 2.04 bits per heavy atom. The van der Waals surface area contributed by atoms with Crippen LogP contribution in [0.4, 0.5) is 5.88 Å². The van der Waals surface area contributed by atoms with Crippen LogP contribution < -0.4 is 11.1 Å². The molecule has 0 bridgehead atoms. The lowest BCUT2D eigenvalue weighted by molar-refractivity contribution is -0.124. The number of nitrogens with zero attached hydrogens (tertiary/aromatic N) is 1. The number of nitrogen functional groups attached to an aromatic ring is 1. The zero-order valence-electron chi connectivity index (χ0n) is 15.0. The normalized spacial score (nSPS) is 14.4. The lowest BCUT2D eigenvalue weighted by atomic mass is 9.89. The largest absolute Gasteiger partial charge is 0.452 e. The fraction of sp³-hybridized carbons (Fsp3) is 0.421. The average Bonchev–Trinajstić information content (AvgIpc) is 2.97. The molecular formula is C19H23N3O4. The van der Waals surface area contributed by atoms with Crippen LogP contribution in [-0.4, -0.2) is 23.6 Å². The molecule has 7 heteroatoms. The number of carbonyl (C=O) groups is 2. The Bertz CT molecular complexity index is 809. The van der Waals surface area contributed by atoms with E-state index >= 15 is 0 Å². The summed E-state index contributed by atoms with van der Waals surface area (Å²) < 4.78 is 9.72. The summed E-state index contributed by atoms with van der Waals surface area (Å²) in [4.78, 5) is 24.1. The predicted molar refractivity (Wildman–Crippen MR) is 95.6 cm³/mol. The van der Waals surface area contributed by atoms with E-state index in [1.54, 1.807) is 6.92 Å². The van der Waals surface area contributed by atoms with Gasteiger partial charge in [0.25, 0.3) is 5.91 Å². The van der Waals surface area contributed by atoms with Crippen molar-refractivity contribution < 1.29 is 18.8 Å². The van der Waals surface area contributed by atoms with E-state index in [1.807, 2.05) is 13.0 Å². The number of anilines is 1. The second kappa shape index (κ2) is 7.59. The first-order valence-electron chi connectivity index (χ1n) is 8.75. The minimum atomic E-state index is -0.724. The maximum absolute atomic E-state index is 12.1. The Morgan fingerprint density at radius 3 is 2.73 bits per heavy atom. The van der Waals surface area contributed by atoms with Gasteiger partial charge < -0.3 is 20.3 Å². The highest BCUT2D eigenvalue weighted by molar-refractivity contribution is 5.96. The van der Waals surface area contributed by atoms with E-state index in [-0.39, 0.29) is 23.4 Å². The number of benzene rings is 1. The lowest BCUT2D eigenvalue weighted by Crippen LogP contribution is -2.31. The molecule has 1 heterocycles. The Labute approximate surface area is 151 Å². The van der Waals surface area contributed by atoms with Gasteiger partial charge in [-0.3, -0.25) is 4.79 Å². The number of aromatic nitrogens is 1. The van der Waals surface area contributed by atoms with Crippen LogP contribution in [-0.2, 0) is 22.4 Å². The van der Waals surface area contributed by atoms with Gasteiger partial charge in [-0.15, -0.1) is 0 Å². The van der Waals surface area contributed by atoms with Crippen LogP contribution in [0.3, 0.4) is 0 Å². The Balaban J connectivity index is 1.55. The average molecular weight is 357 g/mol. The number of hydrogen-bond acceptors (Lipinski definition) is 6. The number of ether oxygens (including phenoxy) is 1. The van der Waals surface area contributed by atoms with Gasteiger partial charge in [0.05, 0.1) is 11.7 Å². The van der Waals surface area contributed by atoms with E-state index in [1.165, 1.54) is 24.0 Å². The summed E-state index contributed by atoms with van der Waals surface area (Å²) in [5.74, 6) is -1.22. The zero-order valence-corrected chi connectivity index (χ0v) is 15.0. The van der Waals surface area contributed by atoms with Gasteiger partial charge in [0.1, 0.15) is 5.56 Å². The molecule has 0 radical (unpaired) electrons. The fourth-order valence-corrected chi connectivity index (χ4v) is 3.23. The third kappa shape index (κ3) is 3.87. The van der Waals surface area contributed by atoms with Gasteiger partial charge in [0.15, 0.2) is 6.61 Å². The summed E-state index contributed by atoms with van der Waals surface area (Å²) in [5, 5.41) is 6.43. The molecule has 0 spiro atoms. The highest BCUT2D eigenvalue weighted by atomic mass is 16.5. The third-order valence-electron chi connectivity index (χ3n) is 4.68. The maximum Gasteiger partial charge on any atom is 0.346 e. The van der Waals surface area contributed by atoms with E-state index in [0.717, 1.165) is 18.4 Å². The molecule has 0 saturated carbocycles. The van der Waals surface area contributed by atoms with E-state index in [9.17, 15) is 9.59 Å². The molecule has 3 N–H and O–H groups in total. The topological polar surface area (TPSA) is 107 Å². The number of carbonyl (C=O) groups excluding carboxylic acids is 2. The molecule has 138 valence electrons. The van der Waals surface area contributed by atoms with Gasteiger partial charge in [-0.1, -0.05) is 23.4 Å². The Kier molecular flexibility index (Phi) is 5.25. The first-order chi connectivity index (χ1) is 12.5. The van der Waals surface area contributed by atoms with Crippen LogP contribution in [0.1, 0.15) is 58.5 Å². The van der Waals surface area contributed by atoms with Crippen LogP contribution in [0, 0.1) is 6.92 Å². The molecular weight excluding hydrogens is 334 g/mol. The highest BCUT2D eigenvalue weighted by Gasteiger charge is 2.21. The van der Waals surface area contributed by atoms with Gasteiger partial charge >= 0.3 is 5.97 Å². The van der Waals surface area contributed by atoms with Crippen molar-refractivity contribution in [2.75, 3.05) is 12.3 Å². The summed E-state index contributed by atoms with van der Waals surface area (Å²) in [7, 11) is 0. The first kappa shape index (κ1) is 18.0. The van der Waals surface area contributed by atoms with Crippen LogP contribution in [0.5, 0.6) is 0 Å². The summed E-state index contributed by atoms with van der Waals surface area (Å²) in [6.07, 6.45) is 4.65. The number of aryl methyl sites for hydroxylation is 3. The molecule has 1 aliphatic rings. The van der Waals surface area contributed by atoms with Gasteiger partial charge in [0.2, 0.25) is 5.88 Å². The van der Waals surface area contributed by atoms with Crippen molar-refractivity contribution >= 4 is 17.8 Å². The first-order valence-corrected chi connectivity index (χ1v) is 8.75. The molecule has 1 aromatic heterocycles. The molecule has 7 nitrogen and oxygen atoms in total. The molecule has 0 saturated heterocycles. The standard InChI is InChI=1S/C19H23N3O4/c1-11(14-8-7-13-5-3-4-6-15(13)9-14)21-16(23)10-25-19(24)17-12(2)22-26-18(17)20/h7-9,11H,3-6,10,20H2,1-2H3,(H,21,23). The minimum Gasteiger partial charge on any atom is -0.452 e. The van der Waals surface area contributed by atoms with Crippen molar-refractivity contribution in [1.82, 2.24) is 10.5 Å². The minimum absolute atomic E-state index is 0.0561. The van der Waals surface area contributed by atoms with Gasteiger partial charge in [-0.05, 0) is 56.2 Å². The van der Waals surface area contributed by atoms with E-state index in [4.69, 9.17) is 15.0 Å². The summed E-state index contributed by atoms with van der Waals surface area (Å²) >= 11 is 0. The molecule has 1 unspecified atom stereocenters. The smallest absolute Gasteiger partial charge is 0.346 e. The predicted octanol–water partition coefficient (Wildman–Crippen LogP) is 2.48. The van der Waals surface area contributed by atoms with Gasteiger partial charge in [-0.25, -0.2) is 4.79 Å². The monoisotopic (exact) mass is 357 g/mol. The summed E-state index contributed by atoms with van der Waals surface area (Å²) in [6.45, 7) is 3.10. The number of rotatable bonds is 5. The second-order valence-electron chi connectivity index (χ2n) is 6.61. The molecule has 2 aromatic rings. The van der Waals surface area contributed by atoms with Gasteiger partial charge in [-0.2, -0.15) is 0 Å². The summed E-state index contributed by atoms with van der Waals surface area (Å²) in [6, 6.07) is 6.18. The van der Waals surface area contributed by atoms with E-state index in [0.29, 0.717) is 5.69 Å². The number of esters is 1. The molecule has 26 heavy (non-hydrogen) atoms. The SMILES string of the molecule is Cc1noc(N)c1C(=O)OCC(=O)NC(C)c1ccc2c(c1)CCCC2. The molecule has 0 aliphatic heterocycles. The maximum atomic E-state index is 12.1. The Hall–Kier alpha value is -2.83. The van der Waals surface area contributed by atoms with Crippen molar-refractivity contribution in [1.29, 1.82) is 0 Å². The molecule has 1 atom stereocenters. The molecule has 1 aliphatic carbocycles. The fourth-order valence-electron chi connectivity index (χ4n) is 3.23. The summed E-state index contributed by atoms with van der Waals surface area (Å²) in [5.41, 5.74) is 9.72. The number of amides is 1. The highest BCUT2D eigenvalue weighted by Crippen LogP contribution is 2.24. The van der Waals surface area contributed by atoms with Crippen molar-refractivity contribution in [2.45, 2.75) is 45.6 Å². The number of nitrogens with one attached hydrogen (secondary N) is 1. The second-order valence-corrected chi connectivity index (χ2v) is 6.61. The van der Waals surface area contributed by atoms with Crippen molar-refractivity contribution in [3.63, 3.8) is 0 Å². The van der Waals surface area contributed by atoms with Crippen molar-refractivity contribution in [3.8, 4) is 0 Å². The van der Waals surface area contributed by atoms with Crippen LogP contribution in [0.15, 0.2) is 22.7 Å².